The smallest absolute Gasteiger partial charge is 0.0662 e. The van der Waals surface area contributed by atoms with Crippen LogP contribution in [0, 0.1) is 17.3 Å². The largest absolute Gasteiger partial charge is 0.378 e. The summed E-state index contributed by atoms with van der Waals surface area (Å²) in [6.45, 7) is 16.7. The highest BCUT2D eigenvalue weighted by molar-refractivity contribution is 5.15. The summed E-state index contributed by atoms with van der Waals surface area (Å²) in [5, 5.41) is 0. The molecule has 20 heavy (non-hydrogen) atoms. The van der Waals surface area contributed by atoms with Crippen molar-refractivity contribution in [3.63, 3.8) is 0 Å². The van der Waals surface area contributed by atoms with Gasteiger partial charge in [0.25, 0.3) is 0 Å². The van der Waals surface area contributed by atoms with E-state index in [4.69, 9.17) is 10.5 Å². The maximum Gasteiger partial charge on any atom is 0.0662 e. The summed E-state index contributed by atoms with van der Waals surface area (Å²) in [4.78, 5) is 2.63. The summed E-state index contributed by atoms with van der Waals surface area (Å²) >= 11 is 0. The molecule has 0 radical (unpaired) electrons. The monoisotopic (exact) mass is 282 g/mol. The third-order valence-electron chi connectivity index (χ3n) is 6.21. The normalized spacial score (nSPS) is 45.1. The van der Waals surface area contributed by atoms with Crippen molar-refractivity contribution in [2.24, 2.45) is 23.0 Å². The molecule has 0 bridgehead atoms. The molecule has 0 aromatic rings. The van der Waals surface area contributed by atoms with Crippen molar-refractivity contribution >= 4 is 0 Å². The van der Waals surface area contributed by atoms with E-state index in [-0.39, 0.29) is 11.0 Å². The van der Waals surface area contributed by atoms with Gasteiger partial charge in [-0.15, -0.1) is 0 Å². The van der Waals surface area contributed by atoms with Gasteiger partial charge in [-0.2, -0.15) is 0 Å². The Morgan fingerprint density at radius 3 is 2.45 bits per heavy atom. The maximum absolute atomic E-state index is 6.76. The molecule has 3 nitrogen and oxygen atoms in total. The van der Waals surface area contributed by atoms with E-state index in [1.165, 1.54) is 13.0 Å². The van der Waals surface area contributed by atoms with Gasteiger partial charge in [-0.3, -0.25) is 4.90 Å². The molecular weight excluding hydrogens is 248 g/mol. The van der Waals surface area contributed by atoms with Gasteiger partial charge in [0.15, 0.2) is 0 Å². The first kappa shape index (κ1) is 16.3. The third-order valence-corrected chi connectivity index (χ3v) is 6.21. The van der Waals surface area contributed by atoms with E-state index in [0.29, 0.717) is 12.1 Å². The molecule has 5 atom stereocenters. The first-order valence-electron chi connectivity index (χ1n) is 8.35. The lowest BCUT2D eigenvalue weighted by atomic mass is 9.54. The van der Waals surface area contributed by atoms with E-state index < -0.39 is 0 Å². The minimum absolute atomic E-state index is 0.0760. The molecular formula is C17H34N2O. The fourth-order valence-electron chi connectivity index (χ4n) is 4.18. The lowest BCUT2D eigenvalue weighted by Gasteiger charge is -2.61. The lowest BCUT2D eigenvalue weighted by Crippen LogP contribution is -2.74. The second-order valence-electron chi connectivity index (χ2n) is 8.01. The molecule has 118 valence electrons. The van der Waals surface area contributed by atoms with Crippen LogP contribution in [0.4, 0.5) is 0 Å². The number of nitrogens with zero attached hydrogens (tertiary/aromatic N) is 1. The molecule has 1 saturated heterocycles. The second-order valence-corrected chi connectivity index (χ2v) is 8.01. The van der Waals surface area contributed by atoms with Crippen molar-refractivity contribution in [1.29, 1.82) is 0 Å². The minimum Gasteiger partial charge on any atom is -0.378 e. The topological polar surface area (TPSA) is 38.5 Å². The van der Waals surface area contributed by atoms with E-state index in [1.807, 2.05) is 0 Å². The van der Waals surface area contributed by atoms with Crippen molar-refractivity contribution in [2.45, 2.75) is 72.1 Å². The molecule has 1 saturated carbocycles. The van der Waals surface area contributed by atoms with Gasteiger partial charge in [0.2, 0.25) is 0 Å². The number of hydrogen-bond acceptors (Lipinski definition) is 3. The lowest BCUT2D eigenvalue weighted by molar-refractivity contribution is -0.161. The number of piperidine rings is 1. The molecule has 5 unspecified atom stereocenters. The number of hydrogen-bond donors (Lipinski definition) is 1. The fourth-order valence-corrected chi connectivity index (χ4v) is 4.18. The van der Waals surface area contributed by atoms with E-state index in [0.717, 1.165) is 31.4 Å². The SMILES string of the molecule is CCOC1CC(N)(CN2CC(C)CC(C)C2C)C1(C)C. The quantitative estimate of drug-likeness (QED) is 0.861. The fraction of sp³-hybridized carbons (Fsp3) is 1.00. The molecule has 0 spiro atoms. The molecule has 3 heteroatoms. The number of nitrogens with two attached hydrogens (primary N) is 1. The van der Waals surface area contributed by atoms with Gasteiger partial charge in [-0.25, -0.2) is 0 Å². The summed E-state index contributed by atoms with van der Waals surface area (Å²) in [6.07, 6.45) is 2.67. The van der Waals surface area contributed by atoms with E-state index in [1.54, 1.807) is 0 Å². The van der Waals surface area contributed by atoms with Gasteiger partial charge in [0, 0.05) is 36.7 Å². The third kappa shape index (κ3) is 2.65. The Labute approximate surface area is 125 Å². The van der Waals surface area contributed by atoms with Crippen LogP contribution in [0.1, 0.15) is 54.4 Å². The second kappa shape index (κ2) is 5.58. The maximum atomic E-state index is 6.76. The van der Waals surface area contributed by atoms with Crippen molar-refractivity contribution in [1.82, 2.24) is 4.90 Å². The van der Waals surface area contributed by atoms with Crippen LogP contribution in [0.15, 0.2) is 0 Å². The summed E-state index contributed by atoms with van der Waals surface area (Å²) in [7, 11) is 0. The molecule has 1 aliphatic carbocycles. The summed E-state index contributed by atoms with van der Waals surface area (Å²) in [6, 6.07) is 0.647. The highest BCUT2D eigenvalue weighted by Crippen LogP contribution is 2.50. The standard InChI is InChI=1S/C17H34N2O/c1-7-20-15-9-17(18,16(15,5)6)11-19-10-12(2)8-13(3)14(19)4/h12-15H,7-11,18H2,1-6H3. The Hall–Kier alpha value is -0.120. The number of rotatable bonds is 4. The van der Waals surface area contributed by atoms with E-state index in [9.17, 15) is 0 Å². The van der Waals surface area contributed by atoms with Crippen LogP contribution in [0.25, 0.3) is 0 Å². The predicted octanol–water partition coefficient (Wildman–Crippen LogP) is 2.89. The first-order valence-corrected chi connectivity index (χ1v) is 8.35. The van der Waals surface area contributed by atoms with E-state index >= 15 is 0 Å². The van der Waals surface area contributed by atoms with Gasteiger partial charge < -0.3 is 10.5 Å². The Morgan fingerprint density at radius 2 is 1.90 bits per heavy atom. The Kier molecular flexibility index (Phi) is 4.54. The van der Waals surface area contributed by atoms with Crippen LogP contribution in [0.5, 0.6) is 0 Å². The van der Waals surface area contributed by atoms with Gasteiger partial charge in [-0.1, -0.05) is 27.7 Å². The van der Waals surface area contributed by atoms with Gasteiger partial charge in [0.1, 0.15) is 0 Å². The molecule has 1 aliphatic heterocycles. The first-order chi connectivity index (χ1) is 9.21. The van der Waals surface area contributed by atoms with E-state index in [2.05, 4.69) is 46.4 Å². The zero-order chi connectivity index (χ0) is 15.1. The average Bonchev–Trinajstić information content (AvgIpc) is 2.35. The molecule has 2 aliphatic rings. The molecule has 2 fully saturated rings. The van der Waals surface area contributed by atoms with Crippen LogP contribution >= 0.6 is 0 Å². The molecule has 1 heterocycles. The minimum atomic E-state index is -0.0993. The van der Waals surface area contributed by atoms with Gasteiger partial charge in [-0.05, 0) is 38.5 Å². The van der Waals surface area contributed by atoms with Crippen LogP contribution in [0.3, 0.4) is 0 Å². The summed E-state index contributed by atoms with van der Waals surface area (Å²) in [5.74, 6) is 1.56. The van der Waals surface area contributed by atoms with Crippen molar-refractivity contribution in [3.05, 3.63) is 0 Å². The summed E-state index contributed by atoms with van der Waals surface area (Å²) in [5.41, 5.74) is 6.74. The Morgan fingerprint density at radius 1 is 1.25 bits per heavy atom. The van der Waals surface area contributed by atoms with Gasteiger partial charge >= 0.3 is 0 Å². The number of ether oxygens (including phenoxy) is 1. The predicted molar refractivity (Wildman–Crippen MR) is 84.7 cm³/mol. The molecule has 0 aromatic heterocycles. The summed E-state index contributed by atoms with van der Waals surface area (Å²) < 4.78 is 5.85. The molecule has 0 aromatic carbocycles. The molecule has 2 N–H and O–H groups in total. The van der Waals surface area contributed by atoms with Crippen LogP contribution in [0.2, 0.25) is 0 Å². The average molecular weight is 282 g/mol. The molecule has 0 amide bonds. The zero-order valence-electron chi connectivity index (χ0n) is 14.3. The van der Waals surface area contributed by atoms with Crippen molar-refractivity contribution < 1.29 is 4.74 Å². The van der Waals surface area contributed by atoms with Crippen LogP contribution in [-0.4, -0.2) is 42.3 Å². The zero-order valence-corrected chi connectivity index (χ0v) is 14.3. The number of likely N-dealkylation sites (tertiary alicyclic amines) is 1. The molecule has 2 rings (SSSR count). The van der Waals surface area contributed by atoms with Crippen molar-refractivity contribution in [2.75, 3.05) is 19.7 Å². The van der Waals surface area contributed by atoms with Crippen LogP contribution < -0.4 is 5.73 Å². The highest BCUT2D eigenvalue weighted by Gasteiger charge is 2.59. The highest BCUT2D eigenvalue weighted by atomic mass is 16.5. The van der Waals surface area contributed by atoms with Crippen molar-refractivity contribution in [3.8, 4) is 0 Å². The van der Waals surface area contributed by atoms with Gasteiger partial charge in [0.05, 0.1) is 6.10 Å². The Balaban J connectivity index is 2.02. The van der Waals surface area contributed by atoms with Crippen LogP contribution in [-0.2, 0) is 4.74 Å². The Bertz CT molecular complexity index is 344.